The van der Waals surface area contributed by atoms with E-state index in [2.05, 4.69) is 9.88 Å². The Hall–Kier alpha value is -2.70. The Morgan fingerprint density at radius 1 is 1.03 bits per heavy atom. The van der Waals surface area contributed by atoms with Crippen LogP contribution in [0, 0.1) is 0 Å². The lowest BCUT2D eigenvalue weighted by atomic mass is 9.95. The van der Waals surface area contributed by atoms with Crippen molar-refractivity contribution in [2.75, 3.05) is 18.0 Å². The molecule has 2 fully saturated rings. The second kappa shape index (κ2) is 7.28. The summed E-state index contributed by atoms with van der Waals surface area (Å²) in [6, 6.07) is 14.2. The van der Waals surface area contributed by atoms with Gasteiger partial charge in [-0.15, -0.1) is 0 Å². The van der Waals surface area contributed by atoms with Gasteiger partial charge < -0.3 is 4.42 Å². The van der Waals surface area contributed by atoms with Crippen LogP contribution in [0.15, 0.2) is 52.9 Å². The minimum Gasteiger partial charge on any atom is -0.440 e. The third-order valence-corrected chi connectivity index (χ3v) is 6.05. The Balaban J connectivity index is 1.28. The molecular weight excluding hydrogens is 390 g/mol. The van der Waals surface area contributed by atoms with E-state index >= 15 is 0 Å². The van der Waals surface area contributed by atoms with Crippen LogP contribution in [0.2, 0.25) is 5.02 Å². The van der Waals surface area contributed by atoms with Crippen molar-refractivity contribution in [1.82, 2.24) is 9.88 Å². The number of benzene rings is 2. The average molecular weight is 410 g/mol. The molecule has 2 saturated heterocycles. The molecule has 0 radical (unpaired) electrons. The fourth-order valence-corrected chi connectivity index (χ4v) is 4.49. The van der Waals surface area contributed by atoms with Crippen LogP contribution >= 0.6 is 11.6 Å². The molecule has 0 aliphatic carbocycles. The summed E-state index contributed by atoms with van der Waals surface area (Å²) >= 11 is 6.03. The quantitative estimate of drug-likeness (QED) is 0.612. The molecule has 0 spiro atoms. The van der Waals surface area contributed by atoms with E-state index in [1.54, 1.807) is 24.3 Å². The van der Waals surface area contributed by atoms with Gasteiger partial charge in [-0.05, 0) is 56.3 Å². The summed E-state index contributed by atoms with van der Waals surface area (Å²) in [6.45, 7) is 1.47. The topological polar surface area (TPSA) is 66.7 Å². The number of piperidine rings is 1. The SMILES string of the molecule is O=C1CC(N2CCC(c3nc4ccccc4o3)CC2)C(=O)N1c1cccc(Cl)c1. The van der Waals surface area contributed by atoms with Gasteiger partial charge in [0.05, 0.1) is 18.2 Å². The van der Waals surface area contributed by atoms with Gasteiger partial charge in [-0.3, -0.25) is 14.5 Å². The van der Waals surface area contributed by atoms with E-state index in [1.807, 2.05) is 24.3 Å². The van der Waals surface area contributed by atoms with Crippen LogP contribution in [0.25, 0.3) is 11.1 Å². The highest BCUT2D eigenvalue weighted by atomic mass is 35.5. The molecule has 0 bridgehead atoms. The zero-order chi connectivity index (χ0) is 20.0. The number of imide groups is 1. The van der Waals surface area contributed by atoms with Gasteiger partial charge in [0.2, 0.25) is 5.91 Å². The van der Waals surface area contributed by atoms with Crippen LogP contribution in [-0.4, -0.2) is 40.8 Å². The van der Waals surface area contributed by atoms with Crippen LogP contribution in [0.3, 0.4) is 0 Å². The number of para-hydroxylation sites is 2. The second-order valence-electron chi connectivity index (χ2n) is 7.60. The molecule has 1 unspecified atom stereocenters. The van der Waals surface area contributed by atoms with Crippen LogP contribution in [-0.2, 0) is 9.59 Å². The summed E-state index contributed by atoms with van der Waals surface area (Å²) in [5, 5.41) is 0.505. The number of rotatable bonds is 3. The smallest absolute Gasteiger partial charge is 0.251 e. The molecule has 0 N–H and O–H groups in total. The predicted molar refractivity (Wildman–Crippen MR) is 110 cm³/mol. The third kappa shape index (κ3) is 3.32. The van der Waals surface area contributed by atoms with Crippen LogP contribution in [0.5, 0.6) is 0 Å². The highest BCUT2D eigenvalue weighted by Gasteiger charge is 2.43. The Morgan fingerprint density at radius 2 is 1.83 bits per heavy atom. The summed E-state index contributed by atoms with van der Waals surface area (Å²) in [5.74, 6) is 0.649. The van der Waals surface area contributed by atoms with E-state index in [4.69, 9.17) is 16.0 Å². The first-order valence-corrected chi connectivity index (χ1v) is 10.2. The van der Waals surface area contributed by atoms with Crippen molar-refractivity contribution < 1.29 is 14.0 Å². The lowest BCUT2D eigenvalue weighted by Gasteiger charge is -2.33. The predicted octanol–water partition coefficient (Wildman–Crippen LogP) is 3.99. The number of amides is 2. The van der Waals surface area contributed by atoms with Crippen molar-refractivity contribution in [3.63, 3.8) is 0 Å². The number of fused-ring (bicyclic) bond motifs is 1. The highest BCUT2D eigenvalue weighted by Crippen LogP contribution is 2.33. The Bertz CT molecular complexity index is 1050. The van der Waals surface area contributed by atoms with Crippen LogP contribution in [0.1, 0.15) is 31.1 Å². The van der Waals surface area contributed by atoms with Gasteiger partial charge in [0, 0.05) is 10.9 Å². The second-order valence-corrected chi connectivity index (χ2v) is 8.03. The normalized spacial score (nSPS) is 21.4. The van der Waals surface area contributed by atoms with E-state index < -0.39 is 6.04 Å². The van der Waals surface area contributed by atoms with Crippen molar-refractivity contribution >= 4 is 40.2 Å². The van der Waals surface area contributed by atoms with Gasteiger partial charge in [-0.1, -0.05) is 29.8 Å². The summed E-state index contributed by atoms with van der Waals surface area (Å²) < 4.78 is 5.92. The molecule has 148 valence electrons. The van der Waals surface area contributed by atoms with Gasteiger partial charge in [0.25, 0.3) is 5.91 Å². The Labute approximate surface area is 173 Å². The molecule has 3 heterocycles. The van der Waals surface area contributed by atoms with Crippen molar-refractivity contribution in [2.24, 2.45) is 0 Å². The van der Waals surface area contributed by atoms with E-state index in [0.717, 1.165) is 42.9 Å². The summed E-state index contributed by atoms with van der Waals surface area (Å²) in [7, 11) is 0. The summed E-state index contributed by atoms with van der Waals surface area (Å²) in [4.78, 5) is 33.5. The third-order valence-electron chi connectivity index (χ3n) is 5.82. The lowest BCUT2D eigenvalue weighted by Crippen LogP contribution is -2.45. The number of hydrogen-bond acceptors (Lipinski definition) is 5. The molecule has 2 aromatic carbocycles. The van der Waals surface area contributed by atoms with Crippen molar-refractivity contribution in [3.8, 4) is 0 Å². The number of hydrogen-bond donors (Lipinski definition) is 0. The minimum atomic E-state index is -0.411. The molecule has 2 aliphatic rings. The highest BCUT2D eigenvalue weighted by molar-refractivity contribution is 6.31. The van der Waals surface area contributed by atoms with E-state index in [9.17, 15) is 9.59 Å². The van der Waals surface area contributed by atoms with E-state index in [1.165, 1.54) is 4.90 Å². The number of aromatic nitrogens is 1. The monoisotopic (exact) mass is 409 g/mol. The molecule has 6 nitrogen and oxygen atoms in total. The number of oxazole rings is 1. The molecule has 7 heteroatoms. The maximum absolute atomic E-state index is 13.0. The Morgan fingerprint density at radius 3 is 2.59 bits per heavy atom. The molecule has 0 saturated carbocycles. The fraction of sp³-hybridized carbons (Fsp3) is 0.318. The lowest BCUT2D eigenvalue weighted by molar-refractivity contribution is -0.123. The first-order valence-electron chi connectivity index (χ1n) is 9.82. The zero-order valence-electron chi connectivity index (χ0n) is 15.8. The van der Waals surface area contributed by atoms with Crippen molar-refractivity contribution in [3.05, 3.63) is 59.4 Å². The number of carbonyl (C=O) groups is 2. The number of likely N-dealkylation sites (tertiary alicyclic amines) is 1. The van der Waals surface area contributed by atoms with Crippen LogP contribution in [0.4, 0.5) is 5.69 Å². The fourth-order valence-electron chi connectivity index (χ4n) is 4.31. The molecule has 3 aromatic rings. The van der Waals surface area contributed by atoms with E-state index in [0.29, 0.717) is 10.7 Å². The van der Waals surface area contributed by atoms with Crippen molar-refractivity contribution in [1.29, 1.82) is 0 Å². The summed E-state index contributed by atoms with van der Waals surface area (Å²) in [6.07, 6.45) is 1.91. The minimum absolute atomic E-state index is 0.169. The first kappa shape index (κ1) is 18.3. The maximum atomic E-state index is 13.0. The molecule has 5 rings (SSSR count). The van der Waals surface area contributed by atoms with Crippen LogP contribution < -0.4 is 4.90 Å². The van der Waals surface area contributed by atoms with Crippen molar-refractivity contribution in [2.45, 2.75) is 31.2 Å². The molecule has 2 aliphatic heterocycles. The van der Waals surface area contributed by atoms with Gasteiger partial charge in [0.15, 0.2) is 11.5 Å². The number of anilines is 1. The number of nitrogens with zero attached hydrogens (tertiary/aromatic N) is 3. The Kier molecular flexibility index (Phi) is 4.60. The van der Waals surface area contributed by atoms with Gasteiger partial charge in [0.1, 0.15) is 5.52 Å². The van der Waals surface area contributed by atoms with Gasteiger partial charge in [-0.2, -0.15) is 0 Å². The molecule has 2 amide bonds. The largest absolute Gasteiger partial charge is 0.440 e. The number of carbonyl (C=O) groups excluding carboxylic acids is 2. The first-order chi connectivity index (χ1) is 14.1. The zero-order valence-corrected chi connectivity index (χ0v) is 16.5. The summed E-state index contributed by atoms with van der Waals surface area (Å²) in [5.41, 5.74) is 2.22. The molecule has 1 aromatic heterocycles. The average Bonchev–Trinajstić information content (AvgIpc) is 3.29. The molecule has 1 atom stereocenters. The molecular formula is C22H20ClN3O3. The van der Waals surface area contributed by atoms with Gasteiger partial charge >= 0.3 is 0 Å². The maximum Gasteiger partial charge on any atom is 0.251 e. The standard InChI is InChI=1S/C22H20ClN3O3/c23-15-4-3-5-16(12-15)26-20(27)13-18(22(26)28)25-10-8-14(9-11-25)21-24-17-6-1-2-7-19(17)29-21/h1-7,12,14,18H,8-11,13H2. The van der Waals surface area contributed by atoms with Gasteiger partial charge in [-0.25, -0.2) is 9.88 Å². The number of halogens is 1. The van der Waals surface area contributed by atoms with E-state index in [-0.39, 0.29) is 24.2 Å². The molecule has 29 heavy (non-hydrogen) atoms.